The van der Waals surface area contributed by atoms with E-state index in [0.717, 1.165) is 19.3 Å². The number of carbonyl (C=O) groups excluding carboxylic acids is 2. The zero-order valence-electron chi connectivity index (χ0n) is 11.2. The van der Waals surface area contributed by atoms with Gasteiger partial charge in [-0.1, -0.05) is 12.1 Å². The Hall–Kier alpha value is -2.04. The lowest BCUT2D eigenvalue weighted by Gasteiger charge is -2.29. The average Bonchev–Trinajstić information content (AvgIpc) is 2.89. The number of nitrogen functional groups attached to an aromatic ring is 1. The molecule has 2 aliphatic rings. The van der Waals surface area contributed by atoms with Crippen LogP contribution in [0.25, 0.3) is 0 Å². The summed E-state index contributed by atoms with van der Waals surface area (Å²) in [5.41, 5.74) is 6.34. The molecule has 1 aliphatic heterocycles. The molecule has 1 heterocycles. The van der Waals surface area contributed by atoms with Crippen molar-refractivity contribution >= 4 is 17.5 Å². The molecule has 5 heteroatoms. The molecule has 3 rings (SSSR count). The lowest BCUT2D eigenvalue weighted by atomic mass is 9.97. The normalized spacial score (nSPS) is 25.1. The molecular weight excluding hydrogens is 256 g/mol. The predicted octanol–water partition coefficient (Wildman–Crippen LogP) is 1.43. The third-order valence-electron chi connectivity index (χ3n) is 4.15. The van der Waals surface area contributed by atoms with Gasteiger partial charge in [0.05, 0.1) is 12.2 Å². The summed E-state index contributed by atoms with van der Waals surface area (Å²) in [6.45, 7) is 0.587. The quantitative estimate of drug-likeness (QED) is 0.666. The van der Waals surface area contributed by atoms with Crippen molar-refractivity contribution in [2.75, 3.05) is 18.9 Å². The molecule has 0 spiro atoms. The van der Waals surface area contributed by atoms with E-state index in [-0.39, 0.29) is 30.3 Å². The van der Waals surface area contributed by atoms with Gasteiger partial charge in [-0.25, -0.2) is 0 Å². The van der Waals surface area contributed by atoms with E-state index in [4.69, 9.17) is 10.5 Å². The highest BCUT2D eigenvalue weighted by Gasteiger charge is 2.44. The van der Waals surface area contributed by atoms with E-state index in [0.29, 0.717) is 18.0 Å². The van der Waals surface area contributed by atoms with Crippen LogP contribution in [0.15, 0.2) is 24.3 Å². The number of piperidine rings is 1. The summed E-state index contributed by atoms with van der Waals surface area (Å²) < 4.78 is 5.56. The minimum absolute atomic E-state index is 0.0339. The summed E-state index contributed by atoms with van der Waals surface area (Å²) in [6.07, 6.45) is 2.43. The van der Waals surface area contributed by atoms with Crippen molar-refractivity contribution in [2.24, 2.45) is 11.8 Å². The van der Waals surface area contributed by atoms with Crippen molar-refractivity contribution in [3.05, 3.63) is 24.3 Å². The van der Waals surface area contributed by atoms with Crippen LogP contribution in [0.4, 0.5) is 5.69 Å². The van der Waals surface area contributed by atoms with Gasteiger partial charge < -0.3 is 10.5 Å². The number of nitrogens with zero attached hydrogens (tertiary/aromatic N) is 1. The molecule has 0 radical (unpaired) electrons. The highest BCUT2D eigenvalue weighted by Crippen LogP contribution is 2.37. The standard InChI is InChI=1S/C15H18N2O3/c16-12-3-1-2-4-13(12)20-8-7-17-14(18)10-5-6-11(9-10)15(17)19/h1-4,10-11H,5-9,16H2. The first-order valence-electron chi connectivity index (χ1n) is 6.99. The van der Waals surface area contributed by atoms with Gasteiger partial charge in [-0.2, -0.15) is 0 Å². The SMILES string of the molecule is Nc1ccccc1OCCN1C(=O)C2CCC(C2)C1=O. The minimum Gasteiger partial charge on any atom is -0.490 e. The van der Waals surface area contributed by atoms with Crippen molar-refractivity contribution in [3.8, 4) is 5.75 Å². The number of ether oxygens (including phenoxy) is 1. The monoisotopic (exact) mass is 274 g/mol. The van der Waals surface area contributed by atoms with E-state index in [9.17, 15) is 9.59 Å². The van der Waals surface area contributed by atoms with Gasteiger partial charge in [0.15, 0.2) is 0 Å². The van der Waals surface area contributed by atoms with Gasteiger partial charge >= 0.3 is 0 Å². The number of benzene rings is 1. The number of hydrogen-bond acceptors (Lipinski definition) is 4. The van der Waals surface area contributed by atoms with Crippen LogP contribution >= 0.6 is 0 Å². The molecule has 1 saturated carbocycles. The molecule has 20 heavy (non-hydrogen) atoms. The Morgan fingerprint density at radius 3 is 2.45 bits per heavy atom. The number of carbonyl (C=O) groups is 2. The van der Waals surface area contributed by atoms with E-state index in [2.05, 4.69) is 0 Å². The first-order valence-corrected chi connectivity index (χ1v) is 6.99. The Kier molecular flexibility index (Phi) is 3.34. The number of amides is 2. The molecule has 106 valence electrons. The van der Waals surface area contributed by atoms with Crippen molar-refractivity contribution in [3.63, 3.8) is 0 Å². The van der Waals surface area contributed by atoms with E-state index < -0.39 is 0 Å². The van der Waals surface area contributed by atoms with Gasteiger partial charge in [-0.3, -0.25) is 14.5 Å². The molecule has 2 N–H and O–H groups in total. The number of nitrogens with two attached hydrogens (primary N) is 1. The molecule has 2 fully saturated rings. The van der Waals surface area contributed by atoms with E-state index in [1.165, 1.54) is 4.90 Å². The maximum atomic E-state index is 12.1. The molecule has 2 unspecified atom stereocenters. The van der Waals surface area contributed by atoms with Gasteiger partial charge in [0, 0.05) is 11.8 Å². The van der Waals surface area contributed by atoms with Gasteiger partial charge in [-0.05, 0) is 31.4 Å². The first-order chi connectivity index (χ1) is 9.66. The molecule has 1 aliphatic carbocycles. The number of likely N-dealkylation sites (tertiary alicyclic amines) is 1. The smallest absolute Gasteiger partial charge is 0.232 e. The summed E-state index contributed by atoms with van der Waals surface area (Å²) in [6, 6.07) is 7.20. The largest absolute Gasteiger partial charge is 0.490 e. The molecule has 0 aromatic heterocycles. The highest BCUT2D eigenvalue weighted by atomic mass is 16.5. The van der Waals surface area contributed by atoms with Gasteiger partial charge in [0.25, 0.3) is 0 Å². The maximum Gasteiger partial charge on any atom is 0.232 e. The second-order valence-corrected chi connectivity index (χ2v) is 5.42. The topological polar surface area (TPSA) is 72.6 Å². The van der Waals surface area contributed by atoms with Crippen LogP contribution in [0, 0.1) is 11.8 Å². The van der Waals surface area contributed by atoms with Crippen LogP contribution in [0.2, 0.25) is 0 Å². The van der Waals surface area contributed by atoms with Crippen molar-refractivity contribution in [1.82, 2.24) is 4.90 Å². The highest BCUT2D eigenvalue weighted by molar-refractivity contribution is 6.00. The number of anilines is 1. The van der Waals surface area contributed by atoms with Crippen molar-refractivity contribution in [2.45, 2.75) is 19.3 Å². The molecule has 2 amide bonds. The molecule has 1 aromatic rings. The Balaban J connectivity index is 1.60. The number of rotatable bonds is 4. The molecular formula is C15H18N2O3. The Bertz CT molecular complexity index is 522. The number of imide groups is 1. The van der Waals surface area contributed by atoms with E-state index in [1.54, 1.807) is 12.1 Å². The summed E-state index contributed by atoms with van der Waals surface area (Å²) >= 11 is 0. The lowest BCUT2D eigenvalue weighted by Crippen LogP contribution is -2.47. The van der Waals surface area contributed by atoms with E-state index >= 15 is 0 Å². The zero-order chi connectivity index (χ0) is 14.1. The fourth-order valence-corrected chi connectivity index (χ4v) is 3.06. The molecule has 2 atom stereocenters. The fraction of sp³-hybridized carbons (Fsp3) is 0.467. The van der Waals surface area contributed by atoms with Gasteiger partial charge in [0.1, 0.15) is 12.4 Å². The van der Waals surface area contributed by atoms with Crippen molar-refractivity contribution < 1.29 is 14.3 Å². The lowest BCUT2D eigenvalue weighted by molar-refractivity contribution is -0.153. The zero-order valence-corrected chi connectivity index (χ0v) is 11.2. The van der Waals surface area contributed by atoms with Gasteiger partial charge in [0.2, 0.25) is 11.8 Å². The number of para-hydroxylation sites is 2. The number of hydrogen-bond donors (Lipinski definition) is 1. The van der Waals surface area contributed by atoms with Crippen molar-refractivity contribution in [1.29, 1.82) is 0 Å². The van der Waals surface area contributed by atoms with Gasteiger partial charge in [-0.15, -0.1) is 0 Å². The second-order valence-electron chi connectivity index (χ2n) is 5.42. The number of fused-ring (bicyclic) bond motifs is 2. The first kappa shape index (κ1) is 13.0. The van der Waals surface area contributed by atoms with Crippen LogP contribution in [0.1, 0.15) is 19.3 Å². The molecule has 5 nitrogen and oxygen atoms in total. The van der Waals surface area contributed by atoms with Crippen LogP contribution in [-0.4, -0.2) is 29.9 Å². The molecule has 2 bridgehead atoms. The maximum absolute atomic E-state index is 12.1. The van der Waals surface area contributed by atoms with Crippen LogP contribution in [0.3, 0.4) is 0 Å². The molecule has 1 saturated heterocycles. The predicted molar refractivity (Wildman–Crippen MR) is 73.9 cm³/mol. The summed E-state index contributed by atoms with van der Waals surface area (Å²) in [7, 11) is 0. The van der Waals surface area contributed by atoms with Crippen LogP contribution in [0.5, 0.6) is 5.75 Å². The summed E-state index contributed by atoms with van der Waals surface area (Å²) in [4.78, 5) is 25.6. The van der Waals surface area contributed by atoms with E-state index in [1.807, 2.05) is 12.1 Å². The molecule has 1 aromatic carbocycles. The minimum atomic E-state index is -0.0339. The van der Waals surface area contributed by atoms with Crippen LogP contribution < -0.4 is 10.5 Å². The Morgan fingerprint density at radius 1 is 1.15 bits per heavy atom. The van der Waals surface area contributed by atoms with Crippen LogP contribution in [-0.2, 0) is 9.59 Å². The average molecular weight is 274 g/mol. The third kappa shape index (κ3) is 2.24. The Morgan fingerprint density at radius 2 is 1.80 bits per heavy atom. The fourth-order valence-electron chi connectivity index (χ4n) is 3.06. The summed E-state index contributed by atoms with van der Waals surface area (Å²) in [5, 5.41) is 0. The Labute approximate surface area is 117 Å². The second kappa shape index (κ2) is 5.15. The third-order valence-corrected chi connectivity index (χ3v) is 4.15. The summed E-state index contributed by atoms with van der Waals surface area (Å²) in [5.74, 6) is 0.605.